The van der Waals surface area contributed by atoms with Crippen LogP contribution in [0.5, 0.6) is 0 Å². The van der Waals surface area contributed by atoms with Gasteiger partial charge < -0.3 is 0 Å². The maximum atomic E-state index is 11.6. The SMILES string of the molecule is O=S(=O)(O)CCS(=O)(=O)c1ccc(Cl)cc1. The highest BCUT2D eigenvalue weighted by Gasteiger charge is 2.17. The fourth-order valence-electron chi connectivity index (χ4n) is 0.975. The lowest BCUT2D eigenvalue weighted by Crippen LogP contribution is -2.16. The highest BCUT2D eigenvalue weighted by molar-refractivity contribution is 7.93. The molecule has 0 aliphatic carbocycles. The van der Waals surface area contributed by atoms with Crippen molar-refractivity contribution >= 4 is 31.6 Å². The van der Waals surface area contributed by atoms with Crippen LogP contribution in [0.4, 0.5) is 0 Å². The van der Waals surface area contributed by atoms with Gasteiger partial charge in [0.1, 0.15) is 0 Å². The van der Waals surface area contributed by atoms with Gasteiger partial charge in [0, 0.05) is 5.02 Å². The van der Waals surface area contributed by atoms with Gasteiger partial charge in [-0.1, -0.05) is 11.6 Å². The molecule has 0 heterocycles. The van der Waals surface area contributed by atoms with Gasteiger partial charge in [0.2, 0.25) is 0 Å². The molecular formula is C8H9ClO5S2. The van der Waals surface area contributed by atoms with Crippen LogP contribution in [0.15, 0.2) is 29.2 Å². The third-order valence-electron chi connectivity index (χ3n) is 1.78. The first-order valence-electron chi connectivity index (χ1n) is 4.14. The number of hydrogen-bond donors (Lipinski definition) is 1. The summed E-state index contributed by atoms with van der Waals surface area (Å²) in [5.41, 5.74) is 0. The Morgan fingerprint density at radius 2 is 1.50 bits per heavy atom. The van der Waals surface area contributed by atoms with Gasteiger partial charge in [-0.25, -0.2) is 8.42 Å². The van der Waals surface area contributed by atoms with E-state index in [1.54, 1.807) is 0 Å². The highest BCUT2D eigenvalue weighted by Crippen LogP contribution is 2.15. The second kappa shape index (κ2) is 4.70. The van der Waals surface area contributed by atoms with E-state index in [1.807, 2.05) is 0 Å². The van der Waals surface area contributed by atoms with Crippen LogP contribution in [-0.2, 0) is 20.0 Å². The van der Waals surface area contributed by atoms with E-state index in [9.17, 15) is 16.8 Å². The largest absolute Gasteiger partial charge is 0.286 e. The fraction of sp³-hybridized carbons (Fsp3) is 0.250. The summed E-state index contributed by atoms with van der Waals surface area (Å²) in [7, 11) is -7.99. The quantitative estimate of drug-likeness (QED) is 0.833. The van der Waals surface area contributed by atoms with E-state index in [-0.39, 0.29) is 4.90 Å². The van der Waals surface area contributed by atoms with Crippen molar-refractivity contribution in [3.05, 3.63) is 29.3 Å². The molecule has 1 aromatic carbocycles. The normalized spacial score (nSPS) is 12.6. The topological polar surface area (TPSA) is 88.5 Å². The Balaban J connectivity index is 2.91. The molecule has 0 aliphatic heterocycles. The summed E-state index contributed by atoms with van der Waals surface area (Å²) in [4.78, 5) is -0.0273. The summed E-state index contributed by atoms with van der Waals surface area (Å²) < 4.78 is 52.5. The fourth-order valence-corrected chi connectivity index (χ4v) is 3.61. The molecule has 0 fully saturated rings. The molecule has 0 spiro atoms. The van der Waals surface area contributed by atoms with Crippen molar-refractivity contribution < 1.29 is 21.4 Å². The molecule has 0 radical (unpaired) electrons. The van der Waals surface area contributed by atoms with Crippen molar-refractivity contribution in [3.63, 3.8) is 0 Å². The van der Waals surface area contributed by atoms with E-state index in [4.69, 9.17) is 16.2 Å². The van der Waals surface area contributed by atoms with Crippen LogP contribution >= 0.6 is 11.6 Å². The van der Waals surface area contributed by atoms with Crippen LogP contribution in [0.25, 0.3) is 0 Å². The molecule has 0 saturated carbocycles. The van der Waals surface area contributed by atoms with Gasteiger partial charge in [-0.2, -0.15) is 8.42 Å². The first kappa shape index (κ1) is 13.4. The first-order valence-corrected chi connectivity index (χ1v) is 7.78. The third-order valence-corrected chi connectivity index (χ3v) is 4.75. The monoisotopic (exact) mass is 284 g/mol. The molecule has 0 aliphatic rings. The Labute approximate surface area is 98.7 Å². The number of sulfone groups is 1. The van der Waals surface area contributed by atoms with E-state index in [0.29, 0.717) is 5.02 Å². The van der Waals surface area contributed by atoms with E-state index in [0.717, 1.165) is 0 Å². The average Bonchev–Trinajstić information content (AvgIpc) is 2.15. The van der Waals surface area contributed by atoms with Crippen molar-refractivity contribution in [1.82, 2.24) is 0 Å². The maximum Gasteiger partial charge on any atom is 0.265 e. The Kier molecular flexibility index (Phi) is 3.95. The van der Waals surface area contributed by atoms with E-state index >= 15 is 0 Å². The zero-order valence-corrected chi connectivity index (χ0v) is 10.4. The molecule has 0 atom stereocenters. The number of benzene rings is 1. The molecule has 90 valence electrons. The van der Waals surface area contributed by atoms with Gasteiger partial charge in [-0.15, -0.1) is 0 Å². The van der Waals surface area contributed by atoms with Gasteiger partial charge in [0.05, 0.1) is 16.4 Å². The summed E-state index contributed by atoms with van der Waals surface area (Å²) in [6.07, 6.45) is 0. The van der Waals surface area contributed by atoms with Gasteiger partial charge in [-0.3, -0.25) is 4.55 Å². The summed E-state index contributed by atoms with van der Waals surface area (Å²) in [6.45, 7) is 0. The molecule has 1 N–H and O–H groups in total. The summed E-state index contributed by atoms with van der Waals surface area (Å²) >= 11 is 5.58. The molecule has 0 saturated heterocycles. The first-order chi connectivity index (χ1) is 7.21. The Hall–Kier alpha value is -0.630. The van der Waals surface area contributed by atoms with Crippen LogP contribution in [0.2, 0.25) is 5.02 Å². The zero-order chi connectivity index (χ0) is 12.4. The van der Waals surface area contributed by atoms with Crippen LogP contribution in [0.1, 0.15) is 0 Å². The molecule has 0 amide bonds. The number of hydrogen-bond acceptors (Lipinski definition) is 4. The van der Waals surface area contributed by atoms with Crippen molar-refractivity contribution in [3.8, 4) is 0 Å². The van der Waals surface area contributed by atoms with E-state index < -0.39 is 31.5 Å². The maximum absolute atomic E-state index is 11.6. The standard InChI is InChI=1S/C8H9ClO5S2/c9-7-1-3-8(4-2-7)15(10,11)5-6-16(12,13)14/h1-4H,5-6H2,(H,12,13,14). The minimum absolute atomic E-state index is 0.0273. The lowest BCUT2D eigenvalue weighted by atomic mass is 10.4. The zero-order valence-electron chi connectivity index (χ0n) is 8.00. The third kappa shape index (κ3) is 4.09. The number of halogens is 1. The summed E-state index contributed by atoms with van der Waals surface area (Å²) in [5.74, 6) is -1.48. The van der Waals surface area contributed by atoms with Crippen LogP contribution in [0.3, 0.4) is 0 Å². The van der Waals surface area contributed by atoms with Crippen LogP contribution in [0, 0.1) is 0 Å². The summed E-state index contributed by atoms with van der Waals surface area (Å²) in [5, 5.41) is 0.383. The highest BCUT2D eigenvalue weighted by atomic mass is 35.5. The molecule has 0 bridgehead atoms. The molecule has 5 nitrogen and oxygen atoms in total. The molecule has 1 aromatic rings. The Morgan fingerprint density at radius 3 is 1.94 bits per heavy atom. The molecule has 16 heavy (non-hydrogen) atoms. The lowest BCUT2D eigenvalue weighted by molar-refractivity contribution is 0.484. The Bertz CT molecular complexity index is 559. The lowest BCUT2D eigenvalue weighted by Gasteiger charge is -2.02. The molecule has 0 aromatic heterocycles. The second-order valence-corrected chi connectivity index (χ2v) is 7.18. The van der Waals surface area contributed by atoms with Crippen LogP contribution in [-0.4, -0.2) is 32.9 Å². The van der Waals surface area contributed by atoms with Gasteiger partial charge in [-0.05, 0) is 24.3 Å². The minimum atomic E-state index is -4.28. The second-order valence-electron chi connectivity index (χ2n) is 3.06. The minimum Gasteiger partial charge on any atom is -0.286 e. The average molecular weight is 285 g/mol. The van der Waals surface area contributed by atoms with Gasteiger partial charge in [0.15, 0.2) is 9.84 Å². The smallest absolute Gasteiger partial charge is 0.265 e. The van der Waals surface area contributed by atoms with E-state index in [1.165, 1.54) is 24.3 Å². The molecule has 8 heteroatoms. The van der Waals surface area contributed by atoms with Crippen molar-refractivity contribution in [2.24, 2.45) is 0 Å². The van der Waals surface area contributed by atoms with Crippen molar-refractivity contribution in [2.45, 2.75) is 4.90 Å². The molecular weight excluding hydrogens is 276 g/mol. The molecule has 1 rings (SSSR count). The van der Waals surface area contributed by atoms with E-state index in [2.05, 4.69) is 0 Å². The van der Waals surface area contributed by atoms with Crippen LogP contribution < -0.4 is 0 Å². The predicted molar refractivity (Wildman–Crippen MR) is 59.9 cm³/mol. The van der Waals surface area contributed by atoms with Gasteiger partial charge in [0.25, 0.3) is 10.1 Å². The Morgan fingerprint density at radius 1 is 1.00 bits per heavy atom. The van der Waals surface area contributed by atoms with Crippen molar-refractivity contribution in [1.29, 1.82) is 0 Å². The van der Waals surface area contributed by atoms with Crippen molar-refractivity contribution in [2.75, 3.05) is 11.5 Å². The molecule has 0 unspecified atom stereocenters. The summed E-state index contributed by atoms with van der Waals surface area (Å²) in [6, 6.07) is 5.34. The van der Waals surface area contributed by atoms with Gasteiger partial charge >= 0.3 is 0 Å². The number of rotatable bonds is 4. The predicted octanol–water partition coefficient (Wildman–Crippen LogP) is 1.00.